The lowest BCUT2D eigenvalue weighted by molar-refractivity contribution is 0.459. The van der Waals surface area contributed by atoms with Gasteiger partial charge in [-0.25, -0.2) is 0 Å². The van der Waals surface area contributed by atoms with E-state index in [0.717, 1.165) is 24.0 Å². The van der Waals surface area contributed by atoms with Gasteiger partial charge in [-0.2, -0.15) is 0 Å². The van der Waals surface area contributed by atoms with Gasteiger partial charge in [0, 0.05) is 12.1 Å². The Morgan fingerprint density at radius 2 is 1.16 bits per heavy atom. The smallest absolute Gasteiger partial charge is 0.123 e. The topological polar surface area (TPSA) is 46.2 Å². The van der Waals surface area contributed by atoms with Gasteiger partial charge >= 0.3 is 0 Å². The molecule has 1 aromatic carbocycles. The fraction of sp³-hybridized carbons (Fsp3) is 0.739. The Bertz CT molecular complexity index is 430. The lowest BCUT2D eigenvalue weighted by Crippen LogP contribution is -1.98. The quantitative estimate of drug-likeness (QED) is 0.328. The molecule has 143 valence electrons. The zero-order valence-corrected chi connectivity index (χ0v) is 16.5. The molecule has 0 aliphatic heterocycles. The average Bonchev–Trinajstić information content (AvgIpc) is 2.63. The van der Waals surface area contributed by atoms with Gasteiger partial charge in [0.05, 0.1) is 0 Å². The number of hydrogen-bond acceptors (Lipinski definition) is 2. The molecule has 0 aliphatic rings. The van der Waals surface area contributed by atoms with Crippen molar-refractivity contribution >= 4 is 0 Å². The van der Waals surface area contributed by atoms with Crippen LogP contribution in [0.3, 0.4) is 0 Å². The summed E-state index contributed by atoms with van der Waals surface area (Å²) < 4.78 is 0. The Balaban J connectivity index is 1.89. The van der Waals surface area contributed by atoms with Crippen LogP contribution in [0.4, 0.5) is 0 Å². The van der Waals surface area contributed by atoms with E-state index < -0.39 is 0 Å². The van der Waals surface area contributed by atoms with Gasteiger partial charge in [-0.1, -0.05) is 90.4 Å². The molecule has 0 aliphatic carbocycles. The van der Waals surface area contributed by atoms with E-state index in [9.17, 15) is 5.11 Å². The molecular formula is C23H40NO. The highest BCUT2D eigenvalue weighted by molar-refractivity contribution is 5.39. The first-order chi connectivity index (χ1) is 12.3. The molecule has 0 amide bonds. The molecule has 1 aromatic rings. The minimum absolute atomic E-state index is 0.384. The molecule has 0 spiro atoms. The van der Waals surface area contributed by atoms with Crippen LogP contribution in [0.5, 0.6) is 5.75 Å². The number of hydrogen-bond donors (Lipinski definition) is 2. The second-order valence-electron chi connectivity index (χ2n) is 7.40. The second kappa shape index (κ2) is 15.3. The van der Waals surface area contributed by atoms with Gasteiger partial charge in [0.25, 0.3) is 0 Å². The molecule has 0 unspecified atom stereocenters. The molecule has 3 N–H and O–H groups in total. The van der Waals surface area contributed by atoms with Crippen molar-refractivity contribution in [3.05, 3.63) is 29.3 Å². The highest BCUT2D eigenvalue weighted by Gasteiger charge is 2.05. The lowest BCUT2D eigenvalue weighted by Gasteiger charge is -2.08. The van der Waals surface area contributed by atoms with Crippen molar-refractivity contribution in [3.8, 4) is 5.75 Å². The van der Waals surface area contributed by atoms with E-state index in [1.165, 1.54) is 83.5 Å². The summed E-state index contributed by atoms with van der Waals surface area (Å²) in [5, 5.41) is 10.1. The summed E-state index contributed by atoms with van der Waals surface area (Å²) in [7, 11) is 0. The average molecular weight is 347 g/mol. The maximum atomic E-state index is 10.1. The van der Waals surface area contributed by atoms with Crippen molar-refractivity contribution in [3.63, 3.8) is 0 Å². The number of unbranched alkanes of at least 4 members (excludes halogenated alkanes) is 13. The summed E-state index contributed by atoms with van der Waals surface area (Å²) in [5.41, 5.74) is 7.43. The standard InChI is InChI=1S/C23H40NO/c1-2-3-4-5-6-7-8-9-10-11-12-13-14-15-17-21-18-16-19-22(20-24)23(21)25/h18-19,25H,2-15,17,20,24H2,1H3. The molecule has 1 rings (SSSR count). The van der Waals surface area contributed by atoms with E-state index in [1.807, 2.05) is 6.07 Å². The summed E-state index contributed by atoms with van der Waals surface area (Å²) in [6, 6.07) is 6.76. The number of phenolic OH excluding ortho intramolecular Hbond substituents is 1. The third-order valence-corrected chi connectivity index (χ3v) is 5.14. The van der Waals surface area contributed by atoms with E-state index in [0.29, 0.717) is 12.3 Å². The van der Waals surface area contributed by atoms with Crippen LogP contribution >= 0.6 is 0 Å². The highest BCUT2D eigenvalue weighted by Crippen LogP contribution is 2.23. The summed E-state index contributed by atoms with van der Waals surface area (Å²) in [6.45, 7) is 2.66. The fourth-order valence-electron chi connectivity index (χ4n) is 3.44. The molecule has 2 heteroatoms. The summed E-state index contributed by atoms with van der Waals surface area (Å²) in [6.07, 6.45) is 20.2. The number of aryl methyl sites for hydroxylation is 1. The van der Waals surface area contributed by atoms with Gasteiger partial charge in [-0.15, -0.1) is 0 Å². The van der Waals surface area contributed by atoms with Crippen molar-refractivity contribution in [2.24, 2.45) is 5.73 Å². The summed E-state index contributed by atoms with van der Waals surface area (Å²) >= 11 is 0. The first kappa shape index (κ1) is 22.0. The van der Waals surface area contributed by atoms with Crippen LogP contribution in [-0.4, -0.2) is 5.11 Å². The molecule has 0 atom stereocenters. The van der Waals surface area contributed by atoms with Gasteiger partial charge in [0.2, 0.25) is 0 Å². The van der Waals surface area contributed by atoms with Crippen molar-refractivity contribution < 1.29 is 5.11 Å². The Kier molecular flexibility index (Phi) is 13.4. The third-order valence-electron chi connectivity index (χ3n) is 5.14. The number of benzene rings is 1. The Morgan fingerprint density at radius 1 is 0.720 bits per heavy atom. The molecule has 0 aromatic heterocycles. The molecule has 25 heavy (non-hydrogen) atoms. The highest BCUT2D eigenvalue weighted by atomic mass is 16.3. The van der Waals surface area contributed by atoms with E-state index in [4.69, 9.17) is 5.73 Å². The molecule has 1 radical (unpaired) electrons. The zero-order valence-electron chi connectivity index (χ0n) is 16.5. The van der Waals surface area contributed by atoms with E-state index in [-0.39, 0.29) is 0 Å². The van der Waals surface area contributed by atoms with Crippen molar-refractivity contribution in [2.45, 2.75) is 110 Å². The first-order valence-corrected chi connectivity index (χ1v) is 10.7. The van der Waals surface area contributed by atoms with Gasteiger partial charge < -0.3 is 10.8 Å². The van der Waals surface area contributed by atoms with E-state index in [2.05, 4.69) is 13.0 Å². The SMILES string of the molecule is CCCCCCCCCCCCCCCCc1c[c]cc(CN)c1O. The Labute approximate surface area is 156 Å². The van der Waals surface area contributed by atoms with Gasteiger partial charge in [-0.05, 0) is 36.6 Å². The van der Waals surface area contributed by atoms with Gasteiger partial charge in [0.1, 0.15) is 5.75 Å². The molecule has 2 nitrogen and oxygen atoms in total. The largest absolute Gasteiger partial charge is 0.507 e. The molecule has 0 heterocycles. The minimum atomic E-state index is 0.384. The predicted molar refractivity (Wildman–Crippen MR) is 109 cm³/mol. The van der Waals surface area contributed by atoms with Crippen LogP contribution in [-0.2, 0) is 13.0 Å². The maximum Gasteiger partial charge on any atom is 0.123 e. The van der Waals surface area contributed by atoms with E-state index >= 15 is 0 Å². The van der Waals surface area contributed by atoms with Crippen LogP contribution in [0.15, 0.2) is 12.1 Å². The third kappa shape index (κ3) is 10.5. The Hall–Kier alpha value is -1.02. The summed E-state index contributed by atoms with van der Waals surface area (Å²) in [4.78, 5) is 0. The molecule has 0 saturated carbocycles. The monoisotopic (exact) mass is 346 g/mol. The Morgan fingerprint density at radius 3 is 1.64 bits per heavy atom. The molecule has 0 saturated heterocycles. The summed E-state index contributed by atoms with van der Waals surface area (Å²) in [5.74, 6) is 0.385. The first-order valence-electron chi connectivity index (χ1n) is 10.7. The lowest BCUT2D eigenvalue weighted by atomic mass is 10.0. The number of phenols is 1. The minimum Gasteiger partial charge on any atom is -0.507 e. The molecule has 0 fully saturated rings. The normalized spacial score (nSPS) is 11.1. The van der Waals surface area contributed by atoms with Crippen LogP contribution in [0.1, 0.15) is 108 Å². The second-order valence-corrected chi connectivity index (χ2v) is 7.40. The van der Waals surface area contributed by atoms with Crippen LogP contribution < -0.4 is 5.73 Å². The van der Waals surface area contributed by atoms with Crippen LogP contribution in [0.25, 0.3) is 0 Å². The number of aromatic hydroxyl groups is 1. The molecular weight excluding hydrogens is 306 g/mol. The van der Waals surface area contributed by atoms with Gasteiger partial charge in [0.15, 0.2) is 0 Å². The maximum absolute atomic E-state index is 10.1. The zero-order chi connectivity index (χ0) is 18.2. The predicted octanol–water partition coefficient (Wildman–Crippen LogP) is 6.67. The van der Waals surface area contributed by atoms with Crippen molar-refractivity contribution in [2.75, 3.05) is 0 Å². The van der Waals surface area contributed by atoms with E-state index in [1.54, 1.807) is 6.07 Å². The van der Waals surface area contributed by atoms with Crippen molar-refractivity contribution in [1.82, 2.24) is 0 Å². The van der Waals surface area contributed by atoms with Crippen molar-refractivity contribution in [1.29, 1.82) is 0 Å². The number of nitrogens with two attached hydrogens (primary N) is 1. The number of rotatable bonds is 16. The van der Waals surface area contributed by atoms with Gasteiger partial charge in [-0.3, -0.25) is 0 Å². The fourth-order valence-corrected chi connectivity index (χ4v) is 3.44. The molecule has 0 bridgehead atoms. The van der Waals surface area contributed by atoms with Crippen LogP contribution in [0, 0.1) is 6.07 Å². The van der Waals surface area contributed by atoms with Crippen LogP contribution in [0.2, 0.25) is 0 Å².